The van der Waals surface area contributed by atoms with E-state index in [-0.39, 0.29) is 22.8 Å². The molecule has 0 aromatic heterocycles. The van der Waals surface area contributed by atoms with Gasteiger partial charge in [0.25, 0.3) is 0 Å². The first kappa shape index (κ1) is 17.4. The summed E-state index contributed by atoms with van der Waals surface area (Å²) < 4.78 is 36.1. The fraction of sp³-hybridized carbons (Fsp3) is 0.462. The lowest BCUT2D eigenvalue weighted by Crippen LogP contribution is -2.25. The molecule has 0 spiro atoms. The highest BCUT2D eigenvalue weighted by Crippen LogP contribution is 2.21. The van der Waals surface area contributed by atoms with E-state index in [0.29, 0.717) is 19.6 Å². The van der Waals surface area contributed by atoms with E-state index in [1.54, 1.807) is 0 Å². The van der Waals surface area contributed by atoms with Crippen molar-refractivity contribution >= 4 is 16.0 Å². The monoisotopic (exact) mass is 317 g/mol. The topological polar surface area (TPSA) is 102 Å². The van der Waals surface area contributed by atoms with Gasteiger partial charge in [0, 0.05) is 19.8 Å². The number of phenols is 1. The van der Waals surface area contributed by atoms with Crippen LogP contribution in [0.4, 0.5) is 0 Å². The molecule has 0 unspecified atom stereocenters. The van der Waals surface area contributed by atoms with E-state index in [9.17, 15) is 18.3 Å². The summed E-state index contributed by atoms with van der Waals surface area (Å²) in [4.78, 5) is 11.3. The molecule has 0 saturated carbocycles. The van der Waals surface area contributed by atoms with Crippen molar-refractivity contribution in [1.82, 2.24) is 4.72 Å². The van der Waals surface area contributed by atoms with Gasteiger partial charge in [-0.25, -0.2) is 17.9 Å². The Hall–Kier alpha value is -1.64. The number of phenolic OH excluding ortho intramolecular Hbond substituents is 1. The molecule has 0 fully saturated rings. The molecule has 7 nitrogen and oxygen atoms in total. The van der Waals surface area contributed by atoms with Crippen LogP contribution in [0.25, 0.3) is 0 Å². The number of aromatic hydroxyl groups is 1. The molecule has 118 valence electrons. The van der Waals surface area contributed by atoms with Crippen LogP contribution in [0.15, 0.2) is 23.1 Å². The molecular formula is C13H19NO6S. The van der Waals surface area contributed by atoms with E-state index in [1.165, 1.54) is 6.07 Å². The van der Waals surface area contributed by atoms with E-state index in [0.717, 1.165) is 19.2 Å². The van der Waals surface area contributed by atoms with Gasteiger partial charge in [0.05, 0.1) is 12.0 Å². The van der Waals surface area contributed by atoms with Gasteiger partial charge >= 0.3 is 5.97 Å². The number of hydrogen-bond donors (Lipinski definition) is 2. The number of nitrogens with one attached hydrogen (secondary N) is 1. The number of carbonyl (C=O) groups excluding carboxylic acids is 1. The Morgan fingerprint density at radius 1 is 1.38 bits per heavy atom. The third-order valence-electron chi connectivity index (χ3n) is 2.65. The molecule has 2 N–H and O–H groups in total. The summed E-state index contributed by atoms with van der Waals surface area (Å²) in [7, 11) is -2.61. The number of ether oxygens (including phenoxy) is 2. The first-order valence-electron chi connectivity index (χ1n) is 6.41. The van der Waals surface area contributed by atoms with E-state index in [4.69, 9.17) is 4.74 Å². The lowest BCUT2D eigenvalue weighted by atomic mass is 10.2. The third kappa shape index (κ3) is 5.00. The van der Waals surface area contributed by atoms with E-state index >= 15 is 0 Å². The Balaban J connectivity index is 2.81. The third-order valence-corrected chi connectivity index (χ3v) is 4.10. The molecule has 0 atom stereocenters. The Kier molecular flexibility index (Phi) is 6.60. The second kappa shape index (κ2) is 7.96. The molecule has 21 heavy (non-hydrogen) atoms. The van der Waals surface area contributed by atoms with Gasteiger partial charge < -0.3 is 14.6 Å². The zero-order valence-electron chi connectivity index (χ0n) is 12.0. The maximum Gasteiger partial charge on any atom is 0.341 e. The van der Waals surface area contributed by atoms with Crippen molar-refractivity contribution in [1.29, 1.82) is 0 Å². The van der Waals surface area contributed by atoms with E-state index < -0.39 is 16.0 Å². The lowest BCUT2D eigenvalue weighted by molar-refractivity contribution is 0.0597. The largest absolute Gasteiger partial charge is 0.507 e. The molecule has 0 bridgehead atoms. The van der Waals surface area contributed by atoms with Crippen molar-refractivity contribution in [2.24, 2.45) is 0 Å². The Morgan fingerprint density at radius 2 is 2.10 bits per heavy atom. The van der Waals surface area contributed by atoms with Crippen LogP contribution in [0, 0.1) is 0 Å². The van der Waals surface area contributed by atoms with Crippen LogP contribution in [0.3, 0.4) is 0 Å². The molecule has 0 radical (unpaired) electrons. The Labute approximate surface area is 123 Å². The number of esters is 1. The van der Waals surface area contributed by atoms with Crippen LogP contribution >= 0.6 is 0 Å². The molecule has 0 amide bonds. The summed E-state index contributed by atoms with van der Waals surface area (Å²) in [6, 6.07) is 3.43. The molecule has 0 saturated heterocycles. The summed E-state index contributed by atoms with van der Waals surface area (Å²) in [5.74, 6) is -1.14. The lowest BCUT2D eigenvalue weighted by Gasteiger charge is -2.09. The van der Waals surface area contributed by atoms with Crippen molar-refractivity contribution in [3.05, 3.63) is 23.8 Å². The number of rotatable bonds is 8. The fourth-order valence-electron chi connectivity index (χ4n) is 1.56. The minimum atomic E-state index is -3.75. The normalized spacial score (nSPS) is 11.3. The average molecular weight is 317 g/mol. The molecule has 0 aliphatic rings. The van der Waals surface area contributed by atoms with Crippen LogP contribution in [0.1, 0.15) is 23.7 Å². The summed E-state index contributed by atoms with van der Waals surface area (Å²) >= 11 is 0. The molecule has 8 heteroatoms. The van der Waals surface area contributed by atoms with Crippen molar-refractivity contribution in [3.63, 3.8) is 0 Å². The zero-order chi connectivity index (χ0) is 15.9. The predicted molar refractivity (Wildman–Crippen MR) is 75.7 cm³/mol. The van der Waals surface area contributed by atoms with Gasteiger partial charge in [-0.05, 0) is 31.5 Å². The van der Waals surface area contributed by atoms with Crippen LogP contribution in [0.2, 0.25) is 0 Å². The molecule has 1 aromatic carbocycles. The predicted octanol–water partition coefficient (Wildman–Crippen LogP) is 0.884. The van der Waals surface area contributed by atoms with Gasteiger partial charge in [-0.1, -0.05) is 0 Å². The van der Waals surface area contributed by atoms with Crippen molar-refractivity contribution in [2.75, 3.05) is 26.9 Å². The molecule has 1 aromatic rings. The van der Waals surface area contributed by atoms with Crippen LogP contribution in [-0.2, 0) is 19.5 Å². The number of benzene rings is 1. The minimum absolute atomic E-state index is 0.114. The quantitative estimate of drug-likeness (QED) is 0.545. The van der Waals surface area contributed by atoms with Gasteiger partial charge in [0.15, 0.2) is 0 Å². The highest BCUT2D eigenvalue weighted by Gasteiger charge is 2.19. The smallest absolute Gasteiger partial charge is 0.341 e. The van der Waals surface area contributed by atoms with Crippen LogP contribution in [-0.4, -0.2) is 46.4 Å². The van der Waals surface area contributed by atoms with Gasteiger partial charge in [0.1, 0.15) is 11.3 Å². The molecular weight excluding hydrogens is 298 g/mol. The Morgan fingerprint density at radius 3 is 2.71 bits per heavy atom. The summed E-state index contributed by atoms with van der Waals surface area (Å²) in [6.45, 7) is 3.11. The van der Waals surface area contributed by atoms with Crippen molar-refractivity contribution in [2.45, 2.75) is 18.2 Å². The summed E-state index contributed by atoms with van der Waals surface area (Å²) in [5.41, 5.74) is -0.199. The Bertz CT molecular complexity index is 584. The fourth-order valence-corrected chi connectivity index (χ4v) is 2.66. The zero-order valence-corrected chi connectivity index (χ0v) is 12.8. The summed E-state index contributed by atoms with van der Waals surface area (Å²) in [6.07, 6.45) is 0.537. The standard InChI is InChI=1S/C13H19NO6S/c1-3-20-8-4-7-14-21(17,18)10-5-6-12(15)11(9-10)13(16)19-2/h5-6,9,14-15H,3-4,7-8H2,1-2H3. The highest BCUT2D eigenvalue weighted by molar-refractivity contribution is 7.89. The van der Waals surface area contributed by atoms with Gasteiger partial charge in [-0.2, -0.15) is 0 Å². The van der Waals surface area contributed by atoms with Gasteiger partial charge in [-0.15, -0.1) is 0 Å². The molecule has 0 heterocycles. The second-order valence-electron chi connectivity index (χ2n) is 4.12. The molecule has 1 rings (SSSR count). The number of hydrogen-bond acceptors (Lipinski definition) is 6. The first-order chi connectivity index (χ1) is 9.92. The molecule has 0 aliphatic heterocycles. The summed E-state index contributed by atoms with van der Waals surface area (Å²) in [5, 5.41) is 9.54. The van der Waals surface area contributed by atoms with Crippen molar-refractivity contribution < 1.29 is 27.8 Å². The number of methoxy groups -OCH3 is 1. The second-order valence-corrected chi connectivity index (χ2v) is 5.89. The average Bonchev–Trinajstić information content (AvgIpc) is 2.46. The highest BCUT2D eigenvalue weighted by atomic mass is 32.2. The van der Waals surface area contributed by atoms with Gasteiger partial charge in [-0.3, -0.25) is 0 Å². The van der Waals surface area contributed by atoms with Crippen LogP contribution < -0.4 is 4.72 Å². The molecule has 0 aliphatic carbocycles. The maximum absolute atomic E-state index is 12.1. The SMILES string of the molecule is CCOCCCNS(=O)(=O)c1ccc(O)c(C(=O)OC)c1. The minimum Gasteiger partial charge on any atom is -0.507 e. The maximum atomic E-state index is 12.1. The first-order valence-corrected chi connectivity index (χ1v) is 7.89. The number of carbonyl (C=O) groups is 1. The van der Waals surface area contributed by atoms with Crippen LogP contribution in [0.5, 0.6) is 5.75 Å². The van der Waals surface area contributed by atoms with E-state index in [1.807, 2.05) is 6.92 Å². The van der Waals surface area contributed by atoms with Gasteiger partial charge in [0.2, 0.25) is 10.0 Å². The van der Waals surface area contributed by atoms with E-state index in [2.05, 4.69) is 9.46 Å². The van der Waals surface area contributed by atoms with Crippen molar-refractivity contribution in [3.8, 4) is 5.75 Å². The number of sulfonamides is 1.